The van der Waals surface area contributed by atoms with E-state index in [1.807, 2.05) is 0 Å². The molecule has 2 aliphatic rings. The molecule has 0 bridgehead atoms. The predicted octanol–water partition coefficient (Wildman–Crippen LogP) is 3.83. The van der Waals surface area contributed by atoms with Crippen molar-refractivity contribution in [3.63, 3.8) is 0 Å². The van der Waals surface area contributed by atoms with Gasteiger partial charge in [-0.05, 0) is 38.1 Å². The Bertz CT molecular complexity index is 252. The van der Waals surface area contributed by atoms with Gasteiger partial charge >= 0.3 is 0 Å². The van der Waals surface area contributed by atoms with Crippen molar-refractivity contribution in [1.29, 1.82) is 0 Å². The van der Waals surface area contributed by atoms with Gasteiger partial charge in [-0.2, -0.15) is 0 Å². The van der Waals surface area contributed by atoms with Crippen LogP contribution in [0.1, 0.15) is 71.6 Å². The number of aliphatic hydroxyl groups is 1. The average molecular weight is 267 g/mol. The van der Waals surface area contributed by atoms with Gasteiger partial charge in [-0.25, -0.2) is 0 Å². The Balaban J connectivity index is 1.98. The molecule has 2 heteroatoms. The zero-order valence-corrected chi connectivity index (χ0v) is 13.0. The number of nitrogens with zero attached hydrogens (tertiary/aromatic N) is 1. The number of hydrogen-bond donors (Lipinski definition) is 1. The van der Waals surface area contributed by atoms with Crippen LogP contribution >= 0.6 is 0 Å². The average Bonchev–Trinajstić information content (AvgIpc) is 2.46. The minimum Gasteiger partial charge on any atom is -0.393 e. The van der Waals surface area contributed by atoms with E-state index in [1.165, 1.54) is 64.5 Å². The summed E-state index contributed by atoms with van der Waals surface area (Å²) in [7, 11) is 0. The van der Waals surface area contributed by atoms with Crippen LogP contribution in [0.2, 0.25) is 0 Å². The lowest BCUT2D eigenvalue weighted by atomic mass is 9.77. The Morgan fingerprint density at radius 1 is 1.00 bits per heavy atom. The Hall–Kier alpha value is -0.0800. The molecule has 2 nitrogen and oxygen atoms in total. The molecule has 3 atom stereocenters. The molecule has 2 fully saturated rings. The highest BCUT2D eigenvalue weighted by Crippen LogP contribution is 2.34. The molecular weight excluding hydrogens is 234 g/mol. The second kappa shape index (κ2) is 7.64. The molecule has 3 unspecified atom stereocenters. The third kappa shape index (κ3) is 3.95. The molecule has 112 valence electrons. The van der Waals surface area contributed by atoms with Gasteiger partial charge in [0.1, 0.15) is 0 Å². The lowest BCUT2D eigenvalue weighted by Gasteiger charge is -2.44. The molecule has 1 saturated heterocycles. The van der Waals surface area contributed by atoms with Crippen molar-refractivity contribution >= 4 is 0 Å². The summed E-state index contributed by atoms with van der Waals surface area (Å²) in [6, 6.07) is 0.671. The van der Waals surface area contributed by atoms with Crippen molar-refractivity contribution < 1.29 is 5.11 Å². The van der Waals surface area contributed by atoms with Gasteiger partial charge < -0.3 is 5.11 Å². The van der Waals surface area contributed by atoms with Gasteiger partial charge in [0, 0.05) is 18.5 Å². The van der Waals surface area contributed by atoms with Crippen LogP contribution in [0.3, 0.4) is 0 Å². The molecule has 0 aromatic heterocycles. The monoisotopic (exact) mass is 267 g/mol. The fraction of sp³-hybridized carbons (Fsp3) is 1.00. The third-order valence-electron chi connectivity index (χ3n) is 5.59. The molecule has 19 heavy (non-hydrogen) atoms. The molecule has 0 spiro atoms. The van der Waals surface area contributed by atoms with Gasteiger partial charge in [0.05, 0.1) is 6.10 Å². The summed E-state index contributed by atoms with van der Waals surface area (Å²) in [5.74, 6) is 1.41. The Labute approximate surface area is 119 Å². The molecular formula is C17H33NO. The van der Waals surface area contributed by atoms with E-state index < -0.39 is 0 Å². The van der Waals surface area contributed by atoms with Crippen LogP contribution in [0.4, 0.5) is 0 Å². The van der Waals surface area contributed by atoms with Crippen molar-refractivity contribution in [2.75, 3.05) is 13.1 Å². The standard InChI is InChI=1S/C17H33NO/c1-3-14(4-2)13-18-12-8-7-10-16(18)15-9-5-6-11-17(15)19/h14-17,19H,3-13H2,1-2H3. The molecule has 0 amide bonds. The molecule has 0 aromatic carbocycles. The minimum atomic E-state index is -0.0268. The molecule has 1 N–H and O–H groups in total. The maximum atomic E-state index is 10.4. The second-order valence-corrected chi connectivity index (χ2v) is 6.76. The normalized spacial score (nSPS) is 33.8. The van der Waals surface area contributed by atoms with Gasteiger partial charge in [-0.1, -0.05) is 46.0 Å². The van der Waals surface area contributed by atoms with Gasteiger partial charge in [0.2, 0.25) is 0 Å². The lowest BCUT2D eigenvalue weighted by Crippen LogP contribution is -2.50. The second-order valence-electron chi connectivity index (χ2n) is 6.76. The highest BCUT2D eigenvalue weighted by atomic mass is 16.3. The van der Waals surface area contributed by atoms with Gasteiger partial charge in [-0.15, -0.1) is 0 Å². The van der Waals surface area contributed by atoms with E-state index in [1.54, 1.807) is 0 Å². The molecule has 0 radical (unpaired) electrons. The smallest absolute Gasteiger partial charge is 0.0583 e. The fourth-order valence-electron chi connectivity index (χ4n) is 4.20. The summed E-state index contributed by atoms with van der Waals surface area (Å²) < 4.78 is 0. The van der Waals surface area contributed by atoms with Crippen LogP contribution < -0.4 is 0 Å². The SMILES string of the molecule is CCC(CC)CN1CCCCC1C1CCCCC1O. The van der Waals surface area contributed by atoms with Crippen molar-refractivity contribution in [3.8, 4) is 0 Å². The van der Waals surface area contributed by atoms with E-state index in [-0.39, 0.29) is 6.10 Å². The van der Waals surface area contributed by atoms with E-state index in [0.29, 0.717) is 12.0 Å². The number of rotatable bonds is 5. The predicted molar refractivity (Wildman–Crippen MR) is 81.2 cm³/mol. The summed E-state index contributed by atoms with van der Waals surface area (Å²) in [4.78, 5) is 2.74. The van der Waals surface area contributed by atoms with Crippen LogP contribution in [0.15, 0.2) is 0 Å². The highest BCUT2D eigenvalue weighted by molar-refractivity contribution is 4.89. The number of aliphatic hydroxyl groups excluding tert-OH is 1. The topological polar surface area (TPSA) is 23.5 Å². The van der Waals surface area contributed by atoms with E-state index in [0.717, 1.165) is 12.3 Å². The van der Waals surface area contributed by atoms with E-state index in [2.05, 4.69) is 18.7 Å². The first-order valence-corrected chi connectivity index (χ1v) is 8.68. The van der Waals surface area contributed by atoms with Crippen LogP contribution in [0, 0.1) is 11.8 Å². The van der Waals surface area contributed by atoms with Gasteiger partial charge in [0.25, 0.3) is 0 Å². The first-order chi connectivity index (χ1) is 9.26. The third-order valence-corrected chi connectivity index (χ3v) is 5.59. The number of likely N-dealkylation sites (tertiary alicyclic amines) is 1. The van der Waals surface area contributed by atoms with Crippen molar-refractivity contribution in [1.82, 2.24) is 4.90 Å². The van der Waals surface area contributed by atoms with E-state index in [4.69, 9.17) is 0 Å². The lowest BCUT2D eigenvalue weighted by molar-refractivity contribution is -0.0111. The molecule has 1 aliphatic carbocycles. The summed E-state index contributed by atoms with van der Waals surface area (Å²) in [5.41, 5.74) is 0. The minimum absolute atomic E-state index is 0.0268. The van der Waals surface area contributed by atoms with Crippen molar-refractivity contribution in [2.24, 2.45) is 11.8 Å². The summed E-state index contributed by atoms with van der Waals surface area (Å²) in [6.07, 6.45) is 11.5. The van der Waals surface area contributed by atoms with Crippen molar-refractivity contribution in [2.45, 2.75) is 83.8 Å². The van der Waals surface area contributed by atoms with Crippen LogP contribution in [0.25, 0.3) is 0 Å². The number of piperidine rings is 1. The largest absolute Gasteiger partial charge is 0.393 e. The quantitative estimate of drug-likeness (QED) is 0.818. The zero-order chi connectivity index (χ0) is 13.7. The maximum Gasteiger partial charge on any atom is 0.0583 e. The summed E-state index contributed by atoms with van der Waals surface area (Å²) >= 11 is 0. The van der Waals surface area contributed by atoms with Crippen LogP contribution in [-0.2, 0) is 0 Å². The molecule has 2 rings (SSSR count). The first-order valence-electron chi connectivity index (χ1n) is 8.68. The highest BCUT2D eigenvalue weighted by Gasteiger charge is 2.35. The van der Waals surface area contributed by atoms with Crippen molar-refractivity contribution in [3.05, 3.63) is 0 Å². The summed E-state index contributed by atoms with van der Waals surface area (Å²) in [5, 5.41) is 10.4. The first kappa shape index (κ1) is 15.3. The van der Waals surface area contributed by atoms with Gasteiger partial charge in [-0.3, -0.25) is 4.90 Å². The molecule has 1 heterocycles. The molecule has 1 aliphatic heterocycles. The Kier molecular flexibility index (Phi) is 6.15. The van der Waals surface area contributed by atoms with Crippen LogP contribution in [0.5, 0.6) is 0 Å². The van der Waals surface area contributed by atoms with Crippen LogP contribution in [-0.4, -0.2) is 35.2 Å². The fourth-order valence-corrected chi connectivity index (χ4v) is 4.20. The Morgan fingerprint density at radius 2 is 1.68 bits per heavy atom. The van der Waals surface area contributed by atoms with E-state index >= 15 is 0 Å². The molecule has 1 saturated carbocycles. The zero-order valence-electron chi connectivity index (χ0n) is 13.0. The molecule has 0 aromatic rings. The summed E-state index contributed by atoms with van der Waals surface area (Å²) in [6.45, 7) is 7.18. The van der Waals surface area contributed by atoms with E-state index in [9.17, 15) is 5.11 Å². The Morgan fingerprint density at radius 3 is 2.37 bits per heavy atom. The maximum absolute atomic E-state index is 10.4. The van der Waals surface area contributed by atoms with Gasteiger partial charge in [0.15, 0.2) is 0 Å². The number of hydrogen-bond acceptors (Lipinski definition) is 2.